The number of amides is 1. The van der Waals surface area contributed by atoms with Gasteiger partial charge in [0, 0.05) is 36.1 Å². The number of aromatic nitrogens is 2. The summed E-state index contributed by atoms with van der Waals surface area (Å²) in [6, 6.07) is 2.00. The van der Waals surface area contributed by atoms with E-state index in [9.17, 15) is 4.79 Å². The van der Waals surface area contributed by atoms with Crippen molar-refractivity contribution in [2.24, 2.45) is 5.92 Å². The lowest BCUT2D eigenvalue weighted by Crippen LogP contribution is -2.40. The first-order valence-electron chi connectivity index (χ1n) is 8.14. The molecule has 23 heavy (non-hydrogen) atoms. The fourth-order valence-corrected chi connectivity index (χ4v) is 4.15. The molecule has 5 nitrogen and oxygen atoms in total. The Morgan fingerprint density at radius 3 is 2.74 bits per heavy atom. The van der Waals surface area contributed by atoms with Gasteiger partial charge in [0.2, 0.25) is 0 Å². The van der Waals surface area contributed by atoms with Gasteiger partial charge in [-0.05, 0) is 52.3 Å². The van der Waals surface area contributed by atoms with Gasteiger partial charge in [-0.2, -0.15) is 0 Å². The van der Waals surface area contributed by atoms with Gasteiger partial charge in [-0.25, -0.2) is 4.98 Å². The molecule has 0 bridgehead atoms. The molecule has 1 fully saturated rings. The minimum Gasteiger partial charge on any atom is -0.339 e. The Morgan fingerprint density at radius 1 is 1.39 bits per heavy atom. The molecule has 0 radical (unpaired) electrons. The largest absolute Gasteiger partial charge is 0.339 e. The number of likely N-dealkylation sites (tertiary alicyclic amines) is 1. The van der Waals surface area contributed by atoms with Crippen molar-refractivity contribution in [2.75, 3.05) is 26.7 Å². The van der Waals surface area contributed by atoms with Crippen molar-refractivity contribution in [1.29, 1.82) is 0 Å². The highest BCUT2D eigenvalue weighted by atomic mass is 32.1. The van der Waals surface area contributed by atoms with Crippen LogP contribution in [-0.4, -0.2) is 47.0 Å². The Labute approximate surface area is 141 Å². The summed E-state index contributed by atoms with van der Waals surface area (Å²) < 4.78 is 2.08. The number of hydrogen-bond acceptors (Lipinski definition) is 4. The minimum atomic E-state index is 0.156. The molecule has 0 unspecified atom stereocenters. The second-order valence-corrected chi connectivity index (χ2v) is 7.10. The average molecular weight is 332 g/mol. The van der Waals surface area contributed by atoms with E-state index >= 15 is 0 Å². The molecule has 1 aliphatic rings. The molecule has 0 aliphatic carbocycles. The molecule has 124 valence electrons. The predicted octanol–water partition coefficient (Wildman–Crippen LogP) is 2.62. The van der Waals surface area contributed by atoms with Gasteiger partial charge in [0.05, 0.1) is 5.56 Å². The zero-order valence-electron chi connectivity index (χ0n) is 14.0. The summed E-state index contributed by atoms with van der Waals surface area (Å²) in [7, 11) is 1.99. The standard InChI is InChI=1S/C17H24N4OS/c1-12-10-15(13(2)21(12)17-19-6-9-23-17)16(22)20-7-4-14(5-8-20)11-18-3/h6,9-10,14,18H,4-5,7-8,11H2,1-3H3. The van der Waals surface area contributed by atoms with Crippen LogP contribution in [0, 0.1) is 19.8 Å². The van der Waals surface area contributed by atoms with E-state index in [-0.39, 0.29) is 5.91 Å². The summed E-state index contributed by atoms with van der Waals surface area (Å²) >= 11 is 1.59. The average Bonchev–Trinajstić information content (AvgIpc) is 3.16. The van der Waals surface area contributed by atoms with Gasteiger partial charge >= 0.3 is 0 Å². The number of carbonyl (C=O) groups excluding carboxylic acids is 1. The third-order valence-electron chi connectivity index (χ3n) is 4.67. The van der Waals surface area contributed by atoms with Crippen LogP contribution in [0.4, 0.5) is 0 Å². The summed E-state index contributed by atoms with van der Waals surface area (Å²) in [5.41, 5.74) is 2.86. The van der Waals surface area contributed by atoms with Crippen LogP contribution in [-0.2, 0) is 0 Å². The number of nitrogens with zero attached hydrogens (tertiary/aromatic N) is 3. The summed E-state index contributed by atoms with van der Waals surface area (Å²) in [6.45, 7) is 6.79. The van der Waals surface area contributed by atoms with Gasteiger partial charge in [0.15, 0.2) is 5.13 Å². The third-order valence-corrected chi connectivity index (χ3v) is 5.42. The van der Waals surface area contributed by atoms with Crippen LogP contribution in [0.1, 0.15) is 34.6 Å². The van der Waals surface area contributed by atoms with E-state index in [1.54, 1.807) is 17.5 Å². The lowest BCUT2D eigenvalue weighted by atomic mass is 9.96. The zero-order valence-corrected chi connectivity index (χ0v) is 14.8. The van der Waals surface area contributed by atoms with Crippen molar-refractivity contribution in [2.45, 2.75) is 26.7 Å². The number of carbonyl (C=O) groups is 1. The zero-order chi connectivity index (χ0) is 16.4. The highest BCUT2D eigenvalue weighted by Gasteiger charge is 2.26. The summed E-state index contributed by atoms with van der Waals surface area (Å²) in [5, 5.41) is 6.12. The molecule has 6 heteroatoms. The van der Waals surface area contributed by atoms with E-state index in [1.807, 2.05) is 37.2 Å². The highest BCUT2D eigenvalue weighted by molar-refractivity contribution is 7.12. The van der Waals surface area contributed by atoms with E-state index in [4.69, 9.17) is 0 Å². The minimum absolute atomic E-state index is 0.156. The Morgan fingerprint density at radius 2 is 2.13 bits per heavy atom. The highest BCUT2D eigenvalue weighted by Crippen LogP contribution is 2.25. The molecule has 0 spiro atoms. The molecule has 1 saturated heterocycles. The molecule has 2 aromatic rings. The van der Waals surface area contributed by atoms with Crippen molar-refractivity contribution in [1.82, 2.24) is 19.8 Å². The van der Waals surface area contributed by atoms with Gasteiger partial charge in [0.25, 0.3) is 5.91 Å². The molecule has 0 aromatic carbocycles. The molecule has 1 aliphatic heterocycles. The SMILES string of the molecule is CNCC1CCN(C(=O)c2cc(C)n(-c3nccs3)c2C)CC1. The normalized spacial score (nSPS) is 16.0. The summed E-state index contributed by atoms with van der Waals surface area (Å²) in [5.74, 6) is 0.843. The topological polar surface area (TPSA) is 50.2 Å². The van der Waals surface area contributed by atoms with Crippen LogP contribution >= 0.6 is 11.3 Å². The van der Waals surface area contributed by atoms with Gasteiger partial charge in [-0.1, -0.05) is 0 Å². The van der Waals surface area contributed by atoms with E-state index in [0.717, 1.165) is 54.6 Å². The molecular formula is C17H24N4OS. The monoisotopic (exact) mass is 332 g/mol. The number of aryl methyl sites for hydroxylation is 1. The molecule has 2 aromatic heterocycles. The Kier molecular flexibility index (Phi) is 4.82. The van der Waals surface area contributed by atoms with Crippen LogP contribution in [0.5, 0.6) is 0 Å². The van der Waals surface area contributed by atoms with Crippen molar-refractivity contribution in [3.8, 4) is 5.13 Å². The maximum Gasteiger partial charge on any atom is 0.255 e. The second kappa shape index (κ2) is 6.84. The van der Waals surface area contributed by atoms with Crippen LogP contribution in [0.25, 0.3) is 5.13 Å². The lowest BCUT2D eigenvalue weighted by Gasteiger charge is -2.32. The summed E-state index contributed by atoms with van der Waals surface area (Å²) in [6.07, 6.45) is 3.96. The van der Waals surface area contributed by atoms with Crippen LogP contribution in [0.15, 0.2) is 17.6 Å². The fourth-order valence-electron chi connectivity index (χ4n) is 3.40. The van der Waals surface area contributed by atoms with Crippen molar-refractivity contribution in [3.05, 3.63) is 34.6 Å². The smallest absolute Gasteiger partial charge is 0.255 e. The molecule has 0 saturated carbocycles. The van der Waals surface area contributed by atoms with Crippen molar-refractivity contribution in [3.63, 3.8) is 0 Å². The Balaban J connectivity index is 1.78. The third kappa shape index (κ3) is 3.19. The molecule has 0 atom stereocenters. The van der Waals surface area contributed by atoms with Crippen LogP contribution in [0.3, 0.4) is 0 Å². The van der Waals surface area contributed by atoms with Crippen molar-refractivity contribution < 1.29 is 4.79 Å². The van der Waals surface area contributed by atoms with E-state index in [2.05, 4.69) is 14.9 Å². The predicted molar refractivity (Wildman–Crippen MR) is 93.5 cm³/mol. The maximum atomic E-state index is 12.9. The van der Waals surface area contributed by atoms with Gasteiger partial charge in [-0.15, -0.1) is 11.3 Å². The van der Waals surface area contributed by atoms with E-state index < -0.39 is 0 Å². The summed E-state index contributed by atoms with van der Waals surface area (Å²) in [4.78, 5) is 19.3. The number of rotatable bonds is 4. The number of hydrogen-bond donors (Lipinski definition) is 1. The molecule has 3 heterocycles. The second-order valence-electron chi connectivity index (χ2n) is 6.23. The first-order chi connectivity index (χ1) is 11.1. The fraction of sp³-hybridized carbons (Fsp3) is 0.529. The first kappa shape index (κ1) is 16.2. The van der Waals surface area contributed by atoms with Gasteiger partial charge in [0.1, 0.15) is 0 Å². The van der Waals surface area contributed by atoms with Gasteiger partial charge in [-0.3, -0.25) is 9.36 Å². The number of nitrogens with one attached hydrogen (secondary N) is 1. The van der Waals surface area contributed by atoms with Crippen LogP contribution in [0.2, 0.25) is 0 Å². The molecule has 1 N–H and O–H groups in total. The van der Waals surface area contributed by atoms with Crippen molar-refractivity contribution >= 4 is 17.2 Å². The van der Waals surface area contributed by atoms with E-state index in [0.29, 0.717) is 5.92 Å². The van der Waals surface area contributed by atoms with E-state index in [1.165, 1.54) is 0 Å². The Hall–Kier alpha value is -1.66. The Bertz CT molecular complexity index is 669. The first-order valence-corrected chi connectivity index (χ1v) is 9.02. The maximum absolute atomic E-state index is 12.9. The number of thiazole rings is 1. The van der Waals surface area contributed by atoms with Crippen LogP contribution < -0.4 is 5.32 Å². The quantitative estimate of drug-likeness (QED) is 0.936. The molecular weight excluding hydrogens is 308 g/mol. The molecule has 1 amide bonds. The van der Waals surface area contributed by atoms with Gasteiger partial charge < -0.3 is 10.2 Å². The lowest BCUT2D eigenvalue weighted by molar-refractivity contribution is 0.0690. The molecule has 3 rings (SSSR count). The number of piperidine rings is 1.